The molecule has 0 amide bonds. The van der Waals surface area contributed by atoms with E-state index in [1.54, 1.807) is 24.3 Å². The van der Waals surface area contributed by atoms with Gasteiger partial charge in [-0.3, -0.25) is 0 Å². The standard InChI is InChI=1S/C17H15F2N5/c18-13-6-4-12(5-7-13)8-9-20-17-23-16(11-21-24-17)22-15-3-1-2-14(19)10-15/h1-7,10-11H,8-9H2,(H2,20,22,23,24). The van der Waals surface area contributed by atoms with Crippen LogP contribution >= 0.6 is 0 Å². The number of anilines is 3. The van der Waals surface area contributed by atoms with Crippen LogP contribution in [0.1, 0.15) is 5.56 Å². The molecular weight excluding hydrogens is 312 g/mol. The predicted molar refractivity (Wildman–Crippen MR) is 88.1 cm³/mol. The third-order valence-electron chi connectivity index (χ3n) is 3.27. The van der Waals surface area contributed by atoms with Crippen molar-refractivity contribution in [1.29, 1.82) is 0 Å². The van der Waals surface area contributed by atoms with Crippen LogP contribution in [0.5, 0.6) is 0 Å². The number of nitrogens with zero attached hydrogens (tertiary/aromatic N) is 3. The van der Waals surface area contributed by atoms with Crippen molar-refractivity contribution in [2.45, 2.75) is 6.42 Å². The summed E-state index contributed by atoms with van der Waals surface area (Å²) in [6, 6.07) is 12.4. The van der Waals surface area contributed by atoms with E-state index in [4.69, 9.17) is 0 Å². The van der Waals surface area contributed by atoms with Crippen LogP contribution in [0.4, 0.5) is 26.2 Å². The Morgan fingerprint density at radius 3 is 2.58 bits per heavy atom. The van der Waals surface area contributed by atoms with Crippen molar-refractivity contribution in [1.82, 2.24) is 15.2 Å². The number of hydrogen-bond acceptors (Lipinski definition) is 5. The van der Waals surface area contributed by atoms with Crippen LogP contribution < -0.4 is 10.6 Å². The summed E-state index contributed by atoms with van der Waals surface area (Å²) in [7, 11) is 0. The van der Waals surface area contributed by atoms with Crippen LogP contribution in [0, 0.1) is 11.6 Å². The Hall–Kier alpha value is -3.09. The number of rotatable bonds is 6. The summed E-state index contributed by atoms with van der Waals surface area (Å²) in [4.78, 5) is 4.26. The molecular formula is C17H15F2N5. The molecule has 0 bridgehead atoms. The molecule has 24 heavy (non-hydrogen) atoms. The molecule has 0 fully saturated rings. The maximum atomic E-state index is 13.2. The summed E-state index contributed by atoms with van der Waals surface area (Å²) < 4.78 is 26.0. The van der Waals surface area contributed by atoms with E-state index in [1.165, 1.54) is 30.5 Å². The average Bonchev–Trinajstić information content (AvgIpc) is 2.57. The van der Waals surface area contributed by atoms with Gasteiger partial charge in [0.1, 0.15) is 11.6 Å². The van der Waals surface area contributed by atoms with Crippen molar-refractivity contribution in [3.63, 3.8) is 0 Å². The first-order valence-electron chi connectivity index (χ1n) is 7.40. The van der Waals surface area contributed by atoms with Gasteiger partial charge in [0.2, 0.25) is 5.95 Å². The van der Waals surface area contributed by atoms with Crippen molar-refractivity contribution in [2.75, 3.05) is 17.2 Å². The second kappa shape index (κ2) is 7.45. The number of halogens is 2. The van der Waals surface area contributed by atoms with E-state index in [0.29, 0.717) is 30.4 Å². The van der Waals surface area contributed by atoms with E-state index in [2.05, 4.69) is 25.8 Å². The number of benzene rings is 2. The maximum Gasteiger partial charge on any atom is 0.244 e. The fourth-order valence-electron chi connectivity index (χ4n) is 2.12. The summed E-state index contributed by atoms with van der Waals surface area (Å²) >= 11 is 0. The highest BCUT2D eigenvalue weighted by molar-refractivity contribution is 5.55. The van der Waals surface area contributed by atoms with Crippen molar-refractivity contribution in [3.05, 3.63) is 71.9 Å². The molecule has 0 radical (unpaired) electrons. The maximum absolute atomic E-state index is 13.2. The quantitative estimate of drug-likeness (QED) is 0.725. The molecule has 0 aliphatic rings. The van der Waals surface area contributed by atoms with Gasteiger partial charge in [-0.15, -0.1) is 5.10 Å². The zero-order valence-corrected chi connectivity index (χ0v) is 12.7. The van der Waals surface area contributed by atoms with Crippen LogP contribution in [-0.4, -0.2) is 21.7 Å². The minimum Gasteiger partial charge on any atom is -0.353 e. The van der Waals surface area contributed by atoms with Crippen LogP contribution in [0.15, 0.2) is 54.7 Å². The van der Waals surface area contributed by atoms with Crippen LogP contribution in [0.2, 0.25) is 0 Å². The van der Waals surface area contributed by atoms with Gasteiger partial charge in [-0.25, -0.2) is 8.78 Å². The summed E-state index contributed by atoms with van der Waals surface area (Å²) in [6.07, 6.45) is 2.15. The second-order valence-corrected chi connectivity index (χ2v) is 5.10. The van der Waals surface area contributed by atoms with E-state index in [9.17, 15) is 8.78 Å². The summed E-state index contributed by atoms with van der Waals surface area (Å²) in [5.74, 6) is 0.230. The van der Waals surface area contributed by atoms with Crippen molar-refractivity contribution in [2.24, 2.45) is 0 Å². The Morgan fingerprint density at radius 1 is 0.958 bits per heavy atom. The Labute approximate surface area is 137 Å². The molecule has 5 nitrogen and oxygen atoms in total. The Kier molecular flexibility index (Phi) is 4.90. The highest BCUT2D eigenvalue weighted by Gasteiger charge is 2.02. The molecule has 0 saturated carbocycles. The molecule has 0 spiro atoms. The van der Waals surface area contributed by atoms with Gasteiger partial charge < -0.3 is 10.6 Å². The summed E-state index contributed by atoms with van der Waals surface area (Å²) in [5.41, 5.74) is 1.58. The second-order valence-electron chi connectivity index (χ2n) is 5.10. The molecule has 1 aromatic heterocycles. The van der Waals surface area contributed by atoms with Crippen LogP contribution in [-0.2, 0) is 6.42 Å². The van der Waals surface area contributed by atoms with Gasteiger partial charge in [0.15, 0.2) is 5.82 Å². The molecule has 0 saturated heterocycles. The Bertz CT molecular complexity index is 808. The monoisotopic (exact) mass is 327 g/mol. The molecule has 3 aromatic rings. The first kappa shape index (κ1) is 15.8. The van der Waals surface area contributed by atoms with Gasteiger partial charge in [0, 0.05) is 12.2 Å². The molecule has 122 valence electrons. The normalized spacial score (nSPS) is 10.4. The summed E-state index contributed by atoms with van der Waals surface area (Å²) in [5, 5.41) is 13.8. The average molecular weight is 327 g/mol. The Balaban J connectivity index is 1.57. The highest BCUT2D eigenvalue weighted by Crippen LogP contribution is 2.15. The van der Waals surface area contributed by atoms with Crippen molar-refractivity contribution < 1.29 is 8.78 Å². The smallest absolute Gasteiger partial charge is 0.244 e. The van der Waals surface area contributed by atoms with Gasteiger partial charge in [-0.2, -0.15) is 10.1 Å². The van der Waals surface area contributed by atoms with Crippen molar-refractivity contribution in [3.8, 4) is 0 Å². The van der Waals surface area contributed by atoms with E-state index >= 15 is 0 Å². The molecule has 3 rings (SSSR count). The molecule has 2 aromatic carbocycles. The number of hydrogen-bond donors (Lipinski definition) is 2. The SMILES string of the molecule is Fc1ccc(CCNc2nncc(Nc3cccc(F)c3)n2)cc1. The first-order valence-corrected chi connectivity index (χ1v) is 7.40. The summed E-state index contributed by atoms with van der Waals surface area (Å²) in [6.45, 7) is 0.580. The van der Waals surface area contributed by atoms with E-state index < -0.39 is 0 Å². The van der Waals surface area contributed by atoms with Crippen LogP contribution in [0.3, 0.4) is 0 Å². The van der Waals surface area contributed by atoms with E-state index in [1.807, 2.05) is 0 Å². The van der Waals surface area contributed by atoms with E-state index in [0.717, 1.165) is 5.56 Å². The van der Waals surface area contributed by atoms with Gasteiger partial charge in [0.25, 0.3) is 0 Å². The molecule has 0 aliphatic carbocycles. The minimum absolute atomic E-state index is 0.254. The van der Waals surface area contributed by atoms with Gasteiger partial charge >= 0.3 is 0 Å². The molecule has 2 N–H and O–H groups in total. The number of nitrogens with one attached hydrogen (secondary N) is 2. The molecule has 0 aliphatic heterocycles. The number of aromatic nitrogens is 3. The fourth-order valence-corrected chi connectivity index (χ4v) is 2.12. The molecule has 7 heteroatoms. The predicted octanol–water partition coefficient (Wildman–Crippen LogP) is 3.55. The van der Waals surface area contributed by atoms with Gasteiger partial charge in [-0.1, -0.05) is 18.2 Å². The van der Waals surface area contributed by atoms with Gasteiger partial charge in [0.05, 0.1) is 6.20 Å². The zero-order chi connectivity index (χ0) is 16.8. The van der Waals surface area contributed by atoms with Crippen molar-refractivity contribution >= 4 is 17.5 Å². The Morgan fingerprint density at radius 2 is 1.79 bits per heavy atom. The highest BCUT2D eigenvalue weighted by atomic mass is 19.1. The fraction of sp³-hybridized carbons (Fsp3) is 0.118. The zero-order valence-electron chi connectivity index (χ0n) is 12.7. The minimum atomic E-state index is -0.334. The first-order chi connectivity index (χ1) is 11.7. The lowest BCUT2D eigenvalue weighted by atomic mass is 10.1. The molecule has 0 unspecified atom stereocenters. The lowest BCUT2D eigenvalue weighted by Gasteiger charge is -2.08. The van der Waals surface area contributed by atoms with E-state index in [-0.39, 0.29) is 11.6 Å². The molecule has 0 atom stereocenters. The van der Waals surface area contributed by atoms with Gasteiger partial charge in [-0.05, 0) is 42.3 Å². The third kappa shape index (κ3) is 4.45. The largest absolute Gasteiger partial charge is 0.353 e. The third-order valence-corrected chi connectivity index (χ3v) is 3.27. The van der Waals surface area contributed by atoms with Crippen LogP contribution in [0.25, 0.3) is 0 Å². The topological polar surface area (TPSA) is 62.7 Å². The lowest BCUT2D eigenvalue weighted by Crippen LogP contribution is -2.09. The molecule has 1 heterocycles. The lowest BCUT2D eigenvalue weighted by molar-refractivity contribution is 0.627.